The molecule has 1 N–H and O–H groups in total. The van der Waals surface area contributed by atoms with Crippen LogP contribution in [0.3, 0.4) is 0 Å². The molecule has 0 radical (unpaired) electrons. The van der Waals surface area contributed by atoms with Crippen molar-refractivity contribution in [3.63, 3.8) is 0 Å². The minimum atomic E-state index is -0.961. The van der Waals surface area contributed by atoms with Gasteiger partial charge in [-0.25, -0.2) is 4.39 Å². The standard InChI is InChI=1S/C13H16BrFO/c1-9-7-10(12(15)11(14)8-9)13(16)5-3-2-4-6-13/h7-8,16H,2-6H2,1H3. The summed E-state index contributed by atoms with van der Waals surface area (Å²) in [5.41, 5.74) is 0.470. The van der Waals surface area contributed by atoms with Crippen LogP contribution in [0, 0.1) is 12.7 Å². The summed E-state index contributed by atoms with van der Waals surface area (Å²) < 4.78 is 14.5. The predicted molar refractivity (Wildman–Crippen MR) is 65.8 cm³/mol. The van der Waals surface area contributed by atoms with E-state index in [2.05, 4.69) is 15.9 Å². The zero-order valence-electron chi connectivity index (χ0n) is 9.39. The lowest BCUT2D eigenvalue weighted by Gasteiger charge is -2.33. The fourth-order valence-corrected chi connectivity index (χ4v) is 3.04. The zero-order valence-corrected chi connectivity index (χ0v) is 11.0. The van der Waals surface area contributed by atoms with Gasteiger partial charge < -0.3 is 5.11 Å². The Labute approximate surface area is 104 Å². The van der Waals surface area contributed by atoms with Crippen LogP contribution in [0.2, 0.25) is 0 Å². The molecule has 0 aromatic heterocycles. The van der Waals surface area contributed by atoms with Crippen molar-refractivity contribution in [1.29, 1.82) is 0 Å². The van der Waals surface area contributed by atoms with Gasteiger partial charge in [0.15, 0.2) is 0 Å². The van der Waals surface area contributed by atoms with Crippen LogP contribution in [-0.2, 0) is 5.60 Å². The normalized spacial score (nSPS) is 19.8. The summed E-state index contributed by atoms with van der Waals surface area (Å²) in [4.78, 5) is 0. The molecule has 0 unspecified atom stereocenters. The molecular weight excluding hydrogens is 271 g/mol. The Hall–Kier alpha value is -0.410. The van der Waals surface area contributed by atoms with E-state index in [1.807, 2.05) is 6.92 Å². The first-order valence-corrected chi connectivity index (χ1v) is 6.51. The van der Waals surface area contributed by atoms with Crippen molar-refractivity contribution in [2.24, 2.45) is 0 Å². The Balaban J connectivity index is 2.45. The van der Waals surface area contributed by atoms with Crippen molar-refractivity contribution in [1.82, 2.24) is 0 Å². The lowest BCUT2D eigenvalue weighted by atomic mass is 9.79. The third-order valence-corrected chi connectivity index (χ3v) is 3.93. The second-order valence-corrected chi connectivity index (χ2v) is 5.55. The van der Waals surface area contributed by atoms with Gasteiger partial charge in [-0.15, -0.1) is 0 Å². The van der Waals surface area contributed by atoms with E-state index in [-0.39, 0.29) is 5.82 Å². The summed E-state index contributed by atoms with van der Waals surface area (Å²) in [7, 11) is 0. The Kier molecular flexibility index (Phi) is 3.36. The fraction of sp³-hybridized carbons (Fsp3) is 0.538. The number of benzene rings is 1. The van der Waals surface area contributed by atoms with Gasteiger partial charge in [0.25, 0.3) is 0 Å². The van der Waals surface area contributed by atoms with Crippen LogP contribution in [0.1, 0.15) is 43.2 Å². The maximum absolute atomic E-state index is 14.0. The summed E-state index contributed by atoms with van der Waals surface area (Å²) >= 11 is 3.20. The van der Waals surface area contributed by atoms with Crippen molar-refractivity contribution >= 4 is 15.9 Å². The molecule has 1 aromatic carbocycles. The number of rotatable bonds is 1. The predicted octanol–water partition coefficient (Wildman–Crippen LogP) is 4.05. The Morgan fingerprint density at radius 2 is 1.88 bits per heavy atom. The SMILES string of the molecule is Cc1cc(Br)c(F)c(C2(O)CCCCC2)c1. The van der Waals surface area contributed by atoms with Crippen LogP contribution in [0.25, 0.3) is 0 Å². The maximum atomic E-state index is 14.0. The molecule has 1 aliphatic carbocycles. The summed E-state index contributed by atoms with van der Waals surface area (Å²) in [5, 5.41) is 10.5. The quantitative estimate of drug-likeness (QED) is 0.826. The largest absolute Gasteiger partial charge is 0.385 e. The summed E-state index contributed by atoms with van der Waals surface area (Å²) in [6, 6.07) is 3.51. The van der Waals surface area contributed by atoms with E-state index in [0.717, 1.165) is 24.8 Å². The molecule has 2 rings (SSSR count). The Morgan fingerprint density at radius 3 is 2.50 bits per heavy atom. The average molecular weight is 287 g/mol. The van der Waals surface area contributed by atoms with Crippen LogP contribution in [-0.4, -0.2) is 5.11 Å². The van der Waals surface area contributed by atoms with Crippen LogP contribution < -0.4 is 0 Å². The highest BCUT2D eigenvalue weighted by Gasteiger charge is 2.34. The second kappa shape index (κ2) is 4.46. The number of aliphatic hydroxyl groups is 1. The number of halogens is 2. The molecule has 0 aliphatic heterocycles. The second-order valence-electron chi connectivity index (χ2n) is 4.70. The Bertz CT molecular complexity index is 397. The number of aryl methyl sites for hydroxylation is 1. The summed E-state index contributed by atoms with van der Waals surface area (Å²) in [6.45, 7) is 1.92. The lowest BCUT2D eigenvalue weighted by Crippen LogP contribution is -2.29. The van der Waals surface area contributed by atoms with Gasteiger partial charge >= 0.3 is 0 Å². The van der Waals surface area contributed by atoms with Gasteiger partial charge in [0.1, 0.15) is 5.82 Å². The van der Waals surface area contributed by atoms with Crippen LogP contribution in [0.4, 0.5) is 4.39 Å². The smallest absolute Gasteiger partial charge is 0.143 e. The fourth-order valence-electron chi connectivity index (χ4n) is 2.47. The lowest BCUT2D eigenvalue weighted by molar-refractivity contribution is -0.00389. The van der Waals surface area contributed by atoms with E-state index in [1.54, 1.807) is 12.1 Å². The van der Waals surface area contributed by atoms with Gasteiger partial charge in [-0.1, -0.05) is 25.3 Å². The molecule has 88 valence electrons. The molecule has 1 nitrogen and oxygen atoms in total. The van der Waals surface area contributed by atoms with E-state index < -0.39 is 5.60 Å². The zero-order chi connectivity index (χ0) is 11.8. The highest BCUT2D eigenvalue weighted by molar-refractivity contribution is 9.10. The average Bonchev–Trinajstić information content (AvgIpc) is 2.24. The minimum Gasteiger partial charge on any atom is -0.385 e. The molecule has 1 fully saturated rings. The van der Waals surface area contributed by atoms with Crippen molar-refractivity contribution in [2.75, 3.05) is 0 Å². The first-order chi connectivity index (χ1) is 7.53. The van der Waals surface area contributed by atoms with Crippen LogP contribution in [0.15, 0.2) is 16.6 Å². The van der Waals surface area contributed by atoms with Crippen molar-refractivity contribution in [3.8, 4) is 0 Å². The first kappa shape index (κ1) is 12.1. The third-order valence-electron chi connectivity index (χ3n) is 3.35. The molecule has 0 saturated heterocycles. The van der Waals surface area contributed by atoms with Crippen LogP contribution >= 0.6 is 15.9 Å². The molecule has 3 heteroatoms. The molecule has 0 spiro atoms. The van der Waals surface area contributed by atoms with E-state index in [0.29, 0.717) is 22.9 Å². The highest BCUT2D eigenvalue weighted by atomic mass is 79.9. The summed E-state index contributed by atoms with van der Waals surface area (Å²) in [5.74, 6) is -0.310. The monoisotopic (exact) mass is 286 g/mol. The molecule has 1 saturated carbocycles. The van der Waals surface area contributed by atoms with Gasteiger partial charge in [-0.3, -0.25) is 0 Å². The van der Waals surface area contributed by atoms with Crippen molar-refractivity contribution in [2.45, 2.75) is 44.6 Å². The van der Waals surface area contributed by atoms with E-state index in [1.165, 1.54) is 0 Å². The van der Waals surface area contributed by atoms with Crippen LogP contribution in [0.5, 0.6) is 0 Å². The first-order valence-electron chi connectivity index (χ1n) is 5.71. The maximum Gasteiger partial charge on any atom is 0.143 e. The summed E-state index contributed by atoms with van der Waals surface area (Å²) in [6.07, 6.45) is 4.42. The van der Waals surface area contributed by atoms with E-state index in [9.17, 15) is 9.50 Å². The molecule has 0 bridgehead atoms. The van der Waals surface area contributed by atoms with Gasteiger partial charge in [-0.2, -0.15) is 0 Å². The van der Waals surface area contributed by atoms with Gasteiger partial charge in [-0.05, 0) is 47.3 Å². The number of hydrogen-bond donors (Lipinski definition) is 1. The molecule has 0 amide bonds. The minimum absolute atomic E-state index is 0.310. The van der Waals surface area contributed by atoms with E-state index in [4.69, 9.17) is 0 Å². The van der Waals surface area contributed by atoms with E-state index >= 15 is 0 Å². The van der Waals surface area contributed by atoms with Gasteiger partial charge in [0, 0.05) is 5.56 Å². The third kappa shape index (κ3) is 2.16. The molecule has 16 heavy (non-hydrogen) atoms. The Morgan fingerprint density at radius 1 is 1.25 bits per heavy atom. The topological polar surface area (TPSA) is 20.2 Å². The van der Waals surface area contributed by atoms with Gasteiger partial charge in [0.2, 0.25) is 0 Å². The molecular formula is C13H16BrFO. The molecule has 0 atom stereocenters. The molecule has 0 heterocycles. The highest BCUT2D eigenvalue weighted by Crippen LogP contribution is 2.39. The molecule has 1 aromatic rings. The molecule has 1 aliphatic rings. The van der Waals surface area contributed by atoms with Gasteiger partial charge in [0.05, 0.1) is 10.1 Å². The number of hydrogen-bond acceptors (Lipinski definition) is 1. The van der Waals surface area contributed by atoms with Crippen molar-refractivity contribution in [3.05, 3.63) is 33.5 Å². The van der Waals surface area contributed by atoms with Crippen molar-refractivity contribution < 1.29 is 9.50 Å².